The van der Waals surface area contributed by atoms with Crippen molar-refractivity contribution < 1.29 is 9.13 Å². The number of methoxy groups -OCH3 is 1. The molecule has 134 valence electrons. The highest BCUT2D eigenvalue weighted by Gasteiger charge is 2.21. The molecule has 0 amide bonds. The van der Waals surface area contributed by atoms with Crippen molar-refractivity contribution in [3.05, 3.63) is 48.2 Å². The summed E-state index contributed by atoms with van der Waals surface area (Å²) >= 11 is 0. The Morgan fingerprint density at radius 1 is 1.04 bits per heavy atom. The van der Waals surface area contributed by atoms with Gasteiger partial charge in [-0.15, -0.1) is 0 Å². The van der Waals surface area contributed by atoms with E-state index in [1.807, 2.05) is 19.1 Å². The average molecular weight is 353 g/mol. The lowest BCUT2D eigenvalue weighted by Crippen LogP contribution is -2.47. The molecular weight excluding hydrogens is 333 g/mol. The molecule has 0 N–H and O–H groups in total. The van der Waals surface area contributed by atoms with Gasteiger partial charge in [0.1, 0.15) is 11.3 Å². The molecule has 0 aliphatic carbocycles. The number of piperazine rings is 1. The monoisotopic (exact) mass is 353 g/mol. The van der Waals surface area contributed by atoms with Crippen molar-refractivity contribution in [2.75, 3.05) is 43.1 Å². The number of anilines is 2. The van der Waals surface area contributed by atoms with Crippen LogP contribution in [0.4, 0.5) is 15.9 Å². The molecule has 0 radical (unpaired) electrons. The van der Waals surface area contributed by atoms with E-state index >= 15 is 0 Å². The molecule has 3 heterocycles. The Morgan fingerprint density at radius 3 is 2.58 bits per heavy atom. The van der Waals surface area contributed by atoms with Crippen LogP contribution in [0.1, 0.15) is 5.69 Å². The molecular formula is C19H20FN5O. The predicted molar refractivity (Wildman–Crippen MR) is 99.4 cm³/mol. The summed E-state index contributed by atoms with van der Waals surface area (Å²) in [6.07, 6.45) is 3.35. The molecule has 4 rings (SSSR count). The lowest BCUT2D eigenvalue weighted by atomic mass is 10.1. The van der Waals surface area contributed by atoms with Crippen LogP contribution >= 0.6 is 0 Å². The van der Waals surface area contributed by atoms with E-state index in [9.17, 15) is 4.39 Å². The fourth-order valence-corrected chi connectivity index (χ4v) is 3.35. The maximum absolute atomic E-state index is 14.2. The highest BCUT2D eigenvalue weighted by Crippen LogP contribution is 2.29. The molecule has 1 saturated heterocycles. The van der Waals surface area contributed by atoms with Crippen LogP contribution in [0.3, 0.4) is 0 Å². The largest absolute Gasteiger partial charge is 0.480 e. The van der Waals surface area contributed by atoms with Crippen LogP contribution in [0.15, 0.2) is 36.7 Å². The summed E-state index contributed by atoms with van der Waals surface area (Å²) < 4.78 is 19.3. The van der Waals surface area contributed by atoms with E-state index < -0.39 is 0 Å². The van der Waals surface area contributed by atoms with Gasteiger partial charge in [0.05, 0.1) is 19.5 Å². The Labute approximate surface area is 151 Å². The molecule has 0 saturated carbocycles. The maximum Gasteiger partial charge on any atom is 0.233 e. The number of fused-ring (bicyclic) bond motifs is 1. The molecule has 0 spiro atoms. The molecule has 0 atom stereocenters. The quantitative estimate of drug-likeness (QED) is 0.722. The summed E-state index contributed by atoms with van der Waals surface area (Å²) in [5.74, 6) is 1.04. The summed E-state index contributed by atoms with van der Waals surface area (Å²) in [4.78, 5) is 17.5. The van der Waals surface area contributed by atoms with Gasteiger partial charge in [-0.2, -0.15) is 4.98 Å². The predicted octanol–water partition coefficient (Wildman–Crippen LogP) is 2.81. The molecule has 1 aromatic carbocycles. The number of aromatic nitrogens is 3. The van der Waals surface area contributed by atoms with Gasteiger partial charge in [0.2, 0.25) is 5.88 Å². The summed E-state index contributed by atoms with van der Waals surface area (Å²) in [5, 5.41) is 0.852. The zero-order valence-electron chi connectivity index (χ0n) is 14.8. The Morgan fingerprint density at radius 2 is 1.81 bits per heavy atom. The SMILES string of the molecule is COc1cncc(N2CCN(c3cc(C)nc4c(F)cccc34)CC2)n1. The minimum atomic E-state index is -0.280. The van der Waals surface area contributed by atoms with Gasteiger partial charge in [-0.1, -0.05) is 12.1 Å². The number of hydrogen-bond acceptors (Lipinski definition) is 6. The molecule has 1 aliphatic rings. The summed E-state index contributed by atoms with van der Waals surface area (Å²) in [7, 11) is 1.59. The third-order valence-corrected chi connectivity index (χ3v) is 4.65. The van der Waals surface area contributed by atoms with Gasteiger partial charge in [0.25, 0.3) is 0 Å². The van der Waals surface area contributed by atoms with Crippen molar-refractivity contribution in [2.24, 2.45) is 0 Å². The van der Waals surface area contributed by atoms with Gasteiger partial charge < -0.3 is 14.5 Å². The fourth-order valence-electron chi connectivity index (χ4n) is 3.35. The molecule has 7 heteroatoms. The Bertz CT molecular complexity index is 940. The zero-order valence-corrected chi connectivity index (χ0v) is 14.8. The highest BCUT2D eigenvalue weighted by molar-refractivity contribution is 5.92. The second-order valence-corrected chi connectivity index (χ2v) is 6.31. The Hall–Kier alpha value is -2.96. The highest BCUT2D eigenvalue weighted by atomic mass is 19.1. The number of halogens is 1. The van der Waals surface area contributed by atoms with Crippen LogP contribution in [-0.2, 0) is 0 Å². The molecule has 1 fully saturated rings. The van der Waals surface area contributed by atoms with E-state index in [0.29, 0.717) is 11.4 Å². The van der Waals surface area contributed by atoms with Crippen molar-refractivity contribution in [3.63, 3.8) is 0 Å². The molecule has 2 aromatic heterocycles. The standard InChI is InChI=1S/C19H20FN5O/c1-13-10-16(14-4-3-5-15(20)19(14)22-13)24-6-8-25(9-7-24)17-11-21-12-18(23-17)26-2/h3-5,10-12H,6-9H2,1-2H3. The Balaban J connectivity index is 1.59. The van der Waals surface area contributed by atoms with Crippen LogP contribution < -0.4 is 14.5 Å². The van der Waals surface area contributed by atoms with Crippen LogP contribution in [-0.4, -0.2) is 48.2 Å². The van der Waals surface area contributed by atoms with Crippen LogP contribution in [0, 0.1) is 12.7 Å². The van der Waals surface area contributed by atoms with Crippen LogP contribution in [0.5, 0.6) is 5.88 Å². The van der Waals surface area contributed by atoms with Gasteiger partial charge >= 0.3 is 0 Å². The second-order valence-electron chi connectivity index (χ2n) is 6.31. The first-order chi connectivity index (χ1) is 12.7. The van der Waals surface area contributed by atoms with Gasteiger partial charge in [-0.25, -0.2) is 9.37 Å². The number of aryl methyl sites for hydroxylation is 1. The summed E-state index contributed by atoms with van der Waals surface area (Å²) in [5.41, 5.74) is 2.28. The van der Waals surface area contributed by atoms with E-state index in [2.05, 4.69) is 24.8 Å². The van der Waals surface area contributed by atoms with Crippen molar-refractivity contribution in [2.45, 2.75) is 6.92 Å². The smallest absolute Gasteiger partial charge is 0.233 e. The van der Waals surface area contributed by atoms with Gasteiger partial charge in [-0.05, 0) is 19.1 Å². The summed E-state index contributed by atoms with van der Waals surface area (Å²) in [6.45, 7) is 5.14. The third-order valence-electron chi connectivity index (χ3n) is 4.65. The first-order valence-electron chi connectivity index (χ1n) is 8.57. The van der Waals surface area contributed by atoms with E-state index in [0.717, 1.165) is 48.8 Å². The Kier molecular flexibility index (Phi) is 4.28. The van der Waals surface area contributed by atoms with Crippen LogP contribution in [0.25, 0.3) is 10.9 Å². The van der Waals surface area contributed by atoms with E-state index in [1.54, 1.807) is 25.6 Å². The molecule has 3 aromatic rings. The van der Waals surface area contributed by atoms with Crippen molar-refractivity contribution >= 4 is 22.4 Å². The van der Waals surface area contributed by atoms with E-state index in [-0.39, 0.29) is 5.82 Å². The molecule has 1 aliphatic heterocycles. The van der Waals surface area contributed by atoms with Gasteiger partial charge in [0.15, 0.2) is 5.82 Å². The number of ether oxygens (including phenoxy) is 1. The van der Waals surface area contributed by atoms with Crippen molar-refractivity contribution in [1.29, 1.82) is 0 Å². The van der Waals surface area contributed by atoms with Crippen LogP contribution in [0.2, 0.25) is 0 Å². The lowest BCUT2D eigenvalue weighted by Gasteiger charge is -2.37. The number of nitrogens with zero attached hydrogens (tertiary/aromatic N) is 5. The fraction of sp³-hybridized carbons (Fsp3) is 0.316. The zero-order chi connectivity index (χ0) is 18.1. The molecule has 6 nitrogen and oxygen atoms in total. The normalized spacial score (nSPS) is 14.7. The number of rotatable bonds is 3. The lowest BCUT2D eigenvalue weighted by molar-refractivity contribution is 0.395. The minimum Gasteiger partial charge on any atom is -0.480 e. The molecule has 26 heavy (non-hydrogen) atoms. The topological polar surface area (TPSA) is 54.4 Å². The van der Waals surface area contributed by atoms with Gasteiger partial charge in [0, 0.05) is 42.9 Å². The van der Waals surface area contributed by atoms with E-state index in [1.165, 1.54) is 6.07 Å². The first kappa shape index (κ1) is 16.5. The van der Waals surface area contributed by atoms with Crippen molar-refractivity contribution in [1.82, 2.24) is 15.0 Å². The number of hydrogen-bond donors (Lipinski definition) is 0. The molecule has 0 bridgehead atoms. The number of benzene rings is 1. The van der Waals surface area contributed by atoms with Gasteiger partial charge in [-0.3, -0.25) is 4.98 Å². The average Bonchev–Trinajstić information content (AvgIpc) is 2.68. The molecule has 0 unspecified atom stereocenters. The minimum absolute atomic E-state index is 0.280. The first-order valence-corrected chi connectivity index (χ1v) is 8.57. The third kappa shape index (κ3) is 3.00. The second kappa shape index (κ2) is 6.74. The van der Waals surface area contributed by atoms with E-state index in [4.69, 9.17) is 4.74 Å². The maximum atomic E-state index is 14.2. The number of pyridine rings is 1. The van der Waals surface area contributed by atoms with Crippen molar-refractivity contribution in [3.8, 4) is 5.88 Å². The summed E-state index contributed by atoms with van der Waals surface area (Å²) in [6, 6.07) is 7.15. The number of para-hydroxylation sites is 1.